The van der Waals surface area contributed by atoms with Crippen molar-refractivity contribution in [2.45, 2.75) is 6.54 Å². The van der Waals surface area contributed by atoms with Crippen LogP contribution in [0.25, 0.3) is 59.8 Å². The van der Waals surface area contributed by atoms with E-state index in [1.807, 2.05) is 66.7 Å². The molecule has 0 bridgehead atoms. The second kappa shape index (κ2) is 14.8. The van der Waals surface area contributed by atoms with Crippen molar-refractivity contribution in [3.8, 4) is 11.1 Å². The lowest BCUT2D eigenvalue weighted by atomic mass is 9.87. The molecule has 0 aliphatic heterocycles. The van der Waals surface area contributed by atoms with Crippen molar-refractivity contribution in [3.05, 3.63) is 222 Å². The molecule has 0 saturated carbocycles. The molecular weight excluding hydrogens is 681 g/mol. The molecule has 56 heavy (non-hydrogen) atoms. The normalized spacial score (nSPS) is 12.1. The van der Waals surface area contributed by atoms with Crippen molar-refractivity contribution in [3.63, 3.8) is 0 Å². The fourth-order valence-corrected chi connectivity index (χ4v) is 7.82. The Labute approximate surface area is 326 Å². The first-order valence-corrected chi connectivity index (χ1v) is 18.8. The van der Waals surface area contributed by atoms with E-state index in [4.69, 9.17) is 21.1 Å². The molecule has 0 aliphatic carbocycles. The molecular formula is C52H38N4. The van der Waals surface area contributed by atoms with Gasteiger partial charge in [-0.25, -0.2) is 4.99 Å². The fraction of sp³-hybridized carbons (Fsp3) is 0.0192. The number of hydrogen-bond donors (Lipinski definition) is 2. The Balaban J connectivity index is 1.11. The Morgan fingerprint density at radius 3 is 1.73 bits per heavy atom. The van der Waals surface area contributed by atoms with Gasteiger partial charge in [-0.3, -0.25) is 4.99 Å². The van der Waals surface area contributed by atoms with Crippen molar-refractivity contribution in [1.82, 2.24) is 0 Å². The van der Waals surface area contributed by atoms with Crippen LogP contribution >= 0.6 is 0 Å². The largest absolute Gasteiger partial charge is 0.383 e. The maximum atomic E-state index is 7.81. The summed E-state index contributed by atoms with van der Waals surface area (Å²) in [5.41, 5.74) is 15.3. The van der Waals surface area contributed by atoms with Crippen molar-refractivity contribution < 1.29 is 0 Å². The number of aliphatic imine (C=N–C) groups is 2. The number of amidine groups is 2. The van der Waals surface area contributed by atoms with E-state index in [-0.39, 0.29) is 0 Å². The maximum Gasteiger partial charge on any atom is 0.157 e. The van der Waals surface area contributed by atoms with Crippen LogP contribution in [0.15, 0.2) is 199 Å². The van der Waals surface area contributed by atoms with E-state index in [0.29, 0.717) is 18.2 Å². The molecule has 9 rings (SSSR count). The molecule has 0 saturated heterocycles. The highest BCUT2D eigenvalue weighted by Crippen LogP contribution is 2.42. The van der Waals surface area contributed by atoms with Gasteiger partial charge in [-0.05, 0) is 88.1 Å². The van der Waals surface area contributed by atoms with Crippen LogP contribution in [-0.4, -0.2) is 17.9 Å². The molecule has 0 heterocycles. The maximum absolute atomic E-state index is 7.81. The van der Waals surface area contributed by atoms with Gasteiger partial charge in [0.2, 0.25) is 0 Å². The number of benzene rings is 9. The van der Waals surface area contributed by atoms with Crippen LogP contribution in [0.4, 0.5) is 0 Å². The molecule has 0 spiro atoms. The third-order valence-corrected chi connectivity index (χ3v) is 10.7. The molecule has 0 unspecified atom stereocenters. The Bertz CT molecular complexity index is 3010. The molecule has 9 aromatic carbocycles. The second-order valence-electron chi connectivity index (χ2n) is 14.0. The Morgan fingerprint density at radius 2 is 1.05 bits per heavy atom. The molecule has 0 fully saturated rings. The molecule has 0 atom stereocenters. The average Bonchev–Trinajstić information content (AvgIpc) is 3.27. The summed E-state index contributed by atoms with van der Waals surface area (Å²) in [4.78, 5) is 9.95. The minimum Gasteiger partial charge on any atom is -0.383 e. The van der Waals surface area contributed by atoms with Gasteiger partial charge < -0.3 is 11.1 Å². The highest BCUT2D eigenvalue weighted by molar-refractivity contribution is 6.33. The van der Waals surface area contributed by atoms with Crippen LogP contribution in [0, 0.1) is 5.41 Å². The van der Waals surface area contributed by atoms with Crippen LogP contribution in [-0.2, 0) is 6.54 Å². The lowest BCUT2D eigenvalue weighted by molar-refractivity contribution is 1.06. The zero-order chi connectivity index (χ0) is 38.0. The van der Waals surface area contributed by atoms with Crippen molar-refractivity contribution in [2.75, 3.05) is 0 Å². The number of rotatable bonds is 8. The predicted molar refractivity (Wildman–Crippen MR) is 238 cm³/mol. The average molecular weight is 719 g/mol. The molecule has 9 aromatic rings. The first kappa shape index (κ1) is 34.3. The van der Waals surface area contributed by atoms with E-state index in [1.165, 1.54) is 54.9 Å². The van der Waals surface area contributed by atoms with Gasteiger partial charge in [0.25, 0.3) is 0 Å². The highest BCUT2D eigenvalue weighted by Gasteiger charge is 2.16. The Hall–Kier alpha value is -7.43. The lowest BCUT2D eigenvalue weighted by Gasteiger charge is -2.16. The van der Waals surface area contributed by atoms with E-state index in [0.717, 1.165) is 44.5 Å². The number of nitrogens with zero attached hydrogens (tertiary/aromatic N) is 2. The highest BCUT2D eigenvalue weighted by atomic mass is 15.0. The van der Waals surface area contributed by atoms with E-state index >= 15 is 0 Å². The number of nitrogens with one attached hydrogen (secondary N) is 1. The molecule has 0 radical (unpaired) electrons. The standard InChI is InChI=1S/C52H38N4/c1-34(41-16-6-5-15-40(41)32-53)36-23-27-38(28-24-36)51(54)56-52(55-33-35-13-3-2-4-14-35)39-29-25-37(26-30-39)48-31-49-44-19-8-7-17-42(44)43-18-9-11-21-46(43)50(49)47-22-12-10-20-45(47)48/h2-32,53H,1,33H2,(H2,54,55,56). The zero-order valence-electron chi connectivity index (χ0n) is 30.8. The number of nitrogens with two attached hydrogens (primary N) is 1. The van der Waals surface area contributed by atoms with Crippen molar-refractivity contribution in [1.29, 1.82) is 5.41 Å². The molecule has 0 aliphatic rings. The van der Waals surface area contributed by atoms with Crippen molar-refractivity contribution in [2.24, 2.45) is 15.7 Å². The van der Waals surface area contributed by atoms with Gasteiger partial charge in [-0.1, -0.05) is 183 Å². The summed E-state index contributed by atoms with van der Waals surface area (Å²) >= 11 is 0. The van der Waals surface area contributed by atoms with Gasteiger partial charge in [0.15, 0.2) is 5.84 Å². The van der Waals surface area contributed by atoms with Gasteiger partial charge in [-0.2, -0.15) is 0 Å². The van der Waals surface area contributed by atoms with E-state index in [1.54, 1.807) is 0 Å². The minimum atomic E-state index is 0.373. The summed E-state index contributed by atoms with van der Waals surface area (Å²) in [6.45, 7) is 4.79. The molecule has 266 valence electrons. The summed E-state index contributed by atoms with van der Waals surface area (Å²) < 4.78 is 0. The minimum absolute atomic E-state index is 0.373. The smallest absolute Gasteiger partial charge is 0.157 e. The lowest BCUT2D eigenvalue weighted by Crippen LogP contribution is -2.16. The van der Waals surface area contributed by atoms with Gasteiger partial charge in [0.1, 0.15) is 5.84 Å². The van der Waals surface area contributed by atoms with E-state index < -0.39 is 0 Å². The van der Waals surface area contributed by atoms with Crippen LogP contribution in [0.5, 0.6) is 0 Å². The van der Waals surface area contributed by atoms with E-state index in [9.17, 15) is 0 Å². The summed E-state index contributed by atoms with van der Waals surface area (Å²) in [6, 6.07) is 63.0. The van der Waals surface area contributed by atoms with Gasteiger partial charge in [0.05, 0.1) is 6.54 Å². The molecule has 0 aromatic heterocycles. The topological polar surface area (TPSA) is 74.6 Å². The summed E-state index contributed by atoms with van der Waals surface area (Å²) in [6.07, 6.45) is 1.36. The number of fused-ring (bicyclic) bond motifs is 8. The van der Waals surface area contributed by atoms with Crippen LogP contribution < -0.4 is 5.73 Å². The van der Waals surface area contributed by atoms with Crippen LogP contribution in [0.1, 0.15) is 33.4 Å². The van der Waals surface area contributed by atoms with E-state index in [2.05, 4.69) is 122 Å². The first-order chi connectivity index (χ1) is 27.6. The summed E-state index contributed by atoms with van der Waals surface area (Å²) in [7, 11) is 0. The Kier molecular flexibility index (Phi) is 9.06. The third kappa shape index (κ3) is 6.33. The monoisotopic (exact) mass is 718 g/mol. The van der Waals surface area contributed by atoms with Crippen LogP contribution in [0.3, 0.4) is 0 Å². The van der Waals surface area contributed by atoms with Gasteiger partial charge in [0, 0.05) is 17.3 Å². The Morgan fingerprint density at radius 1 is 0.536 bits per heavy atom. The number of hydrogen-bond acceptors (Lipinski definition) is 2. The fourth-order valence-electron chi connectivity index (χ4n) is 7.82. The second-order valence-corrected chi connectivity index (χ2v) is 14.0. The van der Waals surface area contributed by atoms with Gasteiger partial charge >= 0.3 is 0 Å². The summed E-state index contributed by atoms with van der Waals surface area (Å²) in [5.74, 6) is 0.935. The van der Waals surface area contributed by atoms with Crippen LogP contribution in [0.2, 0.25) is 0 Å². The third-order valence-electron chi connectivity index (χ3n) is 10.7. The van der Waals surface area contributed by atoms with Crippen molar-refractivity contribution >= 4 is 66.5 Å². The zero-order valence-corrected chi connectivity index (χ0v) is 30.8. The molecule has 3 N–H and O–H groups in total. The SMILES string of the molecule is C=C(c1ccc(C(N)=NC(=NCc2ccccc2)c2ccc(-c3cc4c5ccccc5c5ccccc5c4c4ccccc34)cc2)cc1)c1ccccc1C=N. The first-order valence-electron chi connectivity index (χ1n) is 18.8. The predicted octanol–water partition coefficient (Wildman–Crippen LogP) is 12.4. The molecule has 4 nitrogen and oxygen atoms in total. The molecule has 0 amide bonds. The quantitative estimate of drug-likeness (QED) is 0.0916. The van der Waals surface area contributed by atoms with Gasteiger partial charge in [-0.15, -0.1) is 0 Å². The summed E-state index contributed by atoms with van der Waals surface area (Å²) in [5, 5.41) is 17.8. The molecule has 4 heteroatoms.